The van der Waals surface area contributed by atoms with Crippen molar-refractivity contribution in [3.8, 4) is 48.1 Å². The lowest BCUT2D eigenvalue weighted by Gasteiger charge is -2.42. The van der Waals surface area contributed by atoms with Crippen LogP contribution in [0, 0.1) is 72.4 Å². The number of hydrogen-bond acceptors (Lipinski definition) is 25. The molecule has 0 saturated carbocycles. The quantitative estimate of drug-likeness (QED) is 0.0493. The van der Waals surface area contributed by atoms with E-state index in [9.17, 15) is 35.3 Å². The summed E-state index contributed by atoms with van der Waals surface area (Å²) >= 11 is 0. The van der Waals surface area contributed by atoms with Gasteiger partial charge in [-0.1, -0.05) is 61.5 Å². The molecule has 3 amide bonds. The molecule has 121 heavy (non-hydrogen) atoms. The molecule has 0 spiro atoms. The molecule has 28 nitrogen and oxygen atoms in total. The first kappa shape index (κ1) is 82.9. The van der Waals surface area contributed by atoms with Crippen molar-refractivity contribution in [2.24, 2.45) is 0 Å². The molecule has 12 heterocycles. The standard InChI is InChI=1S/C92H108FN21O7/c1-10-16-86(118)114-42-39-111(51-66(114)25-32-96)88-74-28-36-108(81-46-61(43-58(4)59(81)5)62-44-67(104(8)47-62)55-119-90-97-76-52-106(79-20-15-19-75(93)60(79)6)34-26-72(76)87(100-90)109-37-40-112(84(116)11-2)64(49-109)23-30-94)54-78(74)98-91(101-88)120-56-68-45-63(48-105(68)9)69-21-22-80(71-18-14-13-17-70(69)71)107-35-27-73-77(53-107)99-92(121-57-82-83(115)29-33-103(82)7)102-89(73)110-38-41-113(85(117)12-3)65(50-110)24-31-95/h11-15,17-22,43,46,62-68,82-83,115H,2-3,23-29,33-42,44-45,47-57H2,1,4-9H3/t62?,63?,64-,65-,66-,67-,68-,82+,83-/m0/s1. The Bertz CT molecular complexity index is 5340. The normalized spacial score (nSPS) is 23.2. The number of amides is 3. The molecule has 7 aromatic rings. The van der Waals surface area contributed by atoms with E-state index in [0.29, 0.717) is 143 Å². The molecular weight excluding hydrogens is 1530 g/mol. The number of fused-ring (bicyclic) bond motifs is 4. The first-order valence-electron chi connectivity index (χ1n) is 42.6. The number of aliphatic hydroxyl groups excluding tert-OH is 1. The number of nitrogens with zero attached hydrogens (tertiary/aromatic N) is 21. The molecule has 9 aliphatic heterocycles. The summed E-state index contributed by atoms with van der Waals surface area (Å²) in [4.78, 5) is 96.3. The van der Waals surface area contributed by atoms with E-state index in [1.165, 1.54) is 45.9 Å². The van der Waals surface area contributed by atoms with Crippen LogP contribution in [0.3, 0.4) is 0 Å². The number of anilines is 6. The van der Waals surface area contributed by atoms with Crippen LogP contribution in [0.2, 0.25) is 0 Å². The van der Waals surface area contributed by atoms with Crippen molar-refractivity contribution in [3.05, 3.63) is 159 Å². The predicted octanol–water partition coefficient (Wildman–Crippen LogP) is 8.33. The Morgan fingerprint density at radius 2 is 0.992 bits per heavy atom. The number of carbonyl (C=O) groups excluding carboxylic acids is 3. The van der Waals surface area contributed by atoms with Gasteiger partial charge in [-0.3, -0.25) is 29.1 Å². The number of piperazine rings is 3. The van der Waals surface area contributed by atoms with Crippen LogP contribution in [0.4, 0.5) is 38.9 Å². The number of aryl methyl sites for hydroxylation is 1. The van der Waals surface area contributed by atoms with Crippen LogP contribution < -0.4 is 43.6 Å². The molecule has 1 N–H and O–H groups in total. The number of carbonyl (C=O) groups is 3. The number of nitriles is 3. The van der Waals surface area contributed by atoms with E-state index in [4.69, 9.17) is 44.1 Å². The number of benzene rings is 4. The van der Waals surface area contributed by atoms with Crippen LogP contribution in [-0.2, 0) is 53.3 Å². The molecule has 0 radical (unpaired) electrons. The number of ether oxygens (including phenoxy) is 3. The van der Waals surface area contributed by atoms with Gasteiger partial charge in [-0.15, -0.1) is 0 Å². The molecule has 0 bridgehead atoms. The van der Waals surface area contributed by atoms with E-state index in [1.54, 1.807) is 34.6 Å². The largest absolute Gasteiger partial charge is 0.462 e. The van der Waals surface area contributed by atoms with Crippen LogP contribution in [-0.4, -0.2) is 264 Å². The van der Waals surface area contributed by atoms with Gasteiger partial charge in [0.2, 0.25) is 11.8 Å². The zero-order valence-corrected chi connectivity index (χ0v) is 70.5. The van der Waals surface area contributed by atoms with E-state index < -0.39 is 12.1 Å². The van der Waals surface area contributed by atoms with E-state index in [1.807, 2.05) is 13.1 Å². The minimum Gasteiger partial charge on any atom is -0.462 e. The smallest absolute Gasteiger partial charge is 0.318 e. The molecule has 16 rings (SSSR count). The van der Waals surface area contributed by atoms with Gasteiger partial charge in [-0.05, 0) is 169 Å². The van der Waals surface area contributed by atoms with Gasteiger partial charge in [0.25, 0.3) is 5.91 Å². The molecule has 3 aromatic heterocycles. The van der Waals surface area contributed by atoms with Crippen LogP contribution in [0.15, 0.2) is 92.0 Å². The third kappa shape index (κ3) is 17.0. The number of rotatable bonds is 22. The van der Waals surface area contributed by atoms with Crippen molar-refractivity contribution < 1.29 is 38.1 Å². The summed E-state index contributed by atoms with van der Waals surface area (Å²) in [5.41, 5.74) is 14.0. The van der Waals surface area contributed by atoms with Crippen molar-refractivity contribution in [2.45, 2.75) is 159 Å². The molecule has 9 atom stereocenters. The average Bonchev–Trinajstić information content (AvgIpc) is 1.43. The van der Waals surface area contributed by atoms with E-state index >= 15 is 4.39 Å². The highest BCUT2D eigenvalue weighted by Gasteiger charge is 2.42. The zero-order chi connectivity index (χ0) is 84.4. The van der Waals surface area contributed by atoms with Gasteiger partial charge in [0.15, 0.2) is 0 Å². The Labute approximate surface area is 708 Å². The Hall–Kier alpha value is -11.7. The van der Waals surface area contributed by atoms with Gasteiger partial charge in [0.1, 0.15) is 43.1 Å². The van der Waals surface area contributed by atoms with E-state index in [-0.39, 0.29) is 109 Å². The summed E-state index contributed by atoms with van der Waals surface area (Å²) in [5.74, 6) is 7.13. The summed E-state index contributed by atoms with van der Waals surface area (Å²) in [7, 11) is 6.30. The number of halogens is 1. The number of aliphatic hydroxyl groups is 1. The summed E-state index contributed by atoms with van der Waals surface area (Å²) in [6.45, 7) is 25.9. The Balaban J connectivity index is 0.631. The number of likely N-dealkylation sites (N-methyl/N-ethyl adjacent to an activating group) is 3. The summed E-state index contributed by atoms with van der Waals surface area (Å²) in [5, 5.41) is 43.2. The van der Waals surface area contributed by atoms with Crippen LogP contribution in [0.25, 0.3) is 10.8 Å². The lowest BCUT2D eigenvalue weighted by Crippen LogP contribution is -2.55. The van der Waals surface area contributed by atoms with Crippen molar-refractivity contribution in [1.29, 1.82) is 15.8 Å². The van der Waals surface area contributed by atoms with E-state index in [2.05, 4.69) is 164 Å². The summed E-state index contributed by atoms with van der Waals surface area (Å²) in [6.07, 6.45) is 6.77. The highest BCUT2D eigenvalue weighted by atomic mass is 19.1. The number of aromatic nitrogens is 6. The Morgan fingerprint density at radius 3 is 1.50 bits per heavy atom. The fraction of sp³-hybridized carbons (Fsp3) is 0.500. The second-order valence-electron chi connectivity index (χ2n) is 34.0. The van der Waals surface area contributed by atoms with Crippen LogP contribution >= 0.6 is 0 Å². The van der Waals surface area contributed by atoms with Crippen molar-refractivity contribution in [2.75, 3.05) is 169 Å². The van der Waals surface area contributed by atoms with Crippen molar-refractivity contribution in [3.63, 3.8) is 0 Å². The van der Waals surface area contributed by atoms with Gasteiger partial charge in [0.05, 0.1) is 104 Å². The van der Waals surface area contributed by atoms with Crippen molar-refractivity contribution in [1.82, 2.24) is 59.3 Å². The summed E-state index contributed by atoms with van der Waals surface area (Å²) in [6, 6.07) is 29.5. The zero-order valence-electron chi connectivity index (χ0n) is 70.5. The predicted molar refractivity (Wildman–Crippen MR) is 460 cm³/mol. The van der Waals surface area contributed by atoms with Gasteiger partial charge in [0, 0.05) is 155 Å². The van der Waals surface area contributed by atoms with Gasteiger partial charge in [-0.25, -0.2) is 4.39 Å². The summed E-state index contributed by atoms with van der Waals surface area (Å²) < 4.78 is 35.2. The molecule has 4 aromatic carbocycles. The van der Waals surface area contributed by atoms with Crippen molar-refractivity contribution >= 4 is 63.0 Å². The van der Waals surface area contributed by atoms with E-state index in [0.717, 1.165) is 106 Å². The monoisotopic (exact) mass is 1640 g/mol. The first-order valence-corrected chi connectivity index (χ1v) is 42.6. The third-order valence-electron chi connectivity index (χ3n) is 26.9. The molecule has 6 saturated heterocycles. The number of likely N-dealkylation sites (tertiary alicyclic amines) is 3. The molecule has 29 heteroatoms. The number of hydrogen-bond donors (Lipinski definition) is 1. The average molecular weight is 1640 g/mol. The SMILES string of the molecule is C=CC(=O)N1CCN(c2nc(OC[C@@H]3CC(c4cc(C)c(C)c(N5CCc6c(nc(OC[C@@H]7CC(c8ccc(N9CCc%10c(nc(OC[C@@H]%11[C@@H](O)CCN%11C)nc%10N%10CCN(C(=O)C=C)[C@@H](CC#N)C%10)C9)c9ccccc89)CN7C)nc6N6CCN(C(=O)C#CC)[C@@H](CC#N)C6)C5)c4)CN3C)nc3c2CCN(c2cccc(F)c2C)C3)C[C@@H]1CC#N. The lowest BCUT2D eigenvalue weighted by atomic mass is 9.90. The molecule has 0 aliphatic carbocycles. The Kier molecular flexibility index (Phi) is 24.6. The Morgan fingerprint density at radius 1 is 0.512 bits per heavy atom. The minimum atomic E-state index is -0.530. The topological polar surface area (TPSA) is 287 Å². The molecule has 630 valence electrons. The molecule has 9 aliphatic rings. The van der Waals surface area contributed by atoms with Gasteiger partial charge in [-0.2, -0.15) is 45.7 Å². The second kappa shape index (κ2) is 35.9. The molecule has 2 unspecified atom stereocenters. The van der Waals surface area contributed by atoms with Crippen LogP contribution in [0.1, 0.15) is 119 Å². The molecule has 6 fully saturated rings. The maximum Gasteiger partial charge on any atom is 0.318 e. The van der Waals surface area contributed by atoms with Gasteiger partial charge >= 0.3 is 18.0 Å². The maximum atomic E-state index is 15.1. The second-order valence-corrected chi connectivity index (χ2v) is 34.0. The molecular formula is C92H108FN21O7. The first-order chi connectivity index (χ1) is 58.7. The minimum absolute atomic E-state index is 0.0159. The van der Waals surface area contributed by atoms with Gasteiger partial charge < -0.3 is 63.4 Å². The fourth-order valence-corrected chi connectivity index (χ4v) is 20.1. The maximum absolute atomic E-state index is 15.1. The highest BCUT2D eigenvalue weighted by molar-refractivity contribution is 5.97. The third-order valence-corrected chi connectivity index (χ3v) is 26.9. The van der Waals surface area contributed by atoms with Crippen LogP contribution in [0.5, 0.6) is 18.0 Å². The highest BCUT2D eigenvalue weighted by Crippen LogP contribution is 2.44. The fourth-order valence-electron chi connectivity index (χ4n) is 20.1. The lowest BCUT2D eigenvalue weighted by molar-refractivity contribution is -0.129.